The second-order valence-corrected chi connectivity index (χ2v) is 6.04. The van der Waals surface area contributed by atoms with Gasteiger partial charge in [0, 0.05) is 5.69 Å². The quantitative estimate of drug-likeness (QED) is 0.867. The van der Waals surface area contributed by atoms with Crippen molar-refractivity contribution >= 4 is 11.6 Å². The lowest BCUT2D eigenvalue weighted by Gasteiger charge is -2.12. The molecule has 0 saturated heterocycles. The van der Waals surface area contributed by atoms with Gasteiger partial charge in [-0.15, -0.1) is 0 Å². The van der Waals surface area contributed by atoms with Gasteiger partial charge in [0.1, 0.15) is 5.75 Å². The molecule has 2 aromatic carbocycles. The number of carbonyl (C=O) groups excluding carboxylic acids is 1. The normalized spacial score (nSPS) is 10.3. The van der Waals surface area contributed by atoms with Gasteiger partial charge in [0.05, 0.1) is 12.5 Å². The number of benzene rings is 2. The van der Waals surface area contributed by atoms with Gasteiger partial charge in [0.15, 0.2) is 6.61 Å². The first-order valence-corrected chi connectivity index (χ1v) is 7.98. The van der Waals surface area contributed by atoms with Crippen molar-refractivity contribution in [3.8, 4) is 11.8 Å². The van der Waals surface area contributed by atoms with Crippen LogP contribution in [0.5, 0.6) is 5.75 Å². The Labute approximate surface area is 143 Å². The van der Waals surface area contributed by atoms with E-state index in [0.29, 0.717) is 23.8 Å². The third-order valence-corrected chi connectivity index (χ3v) is 3.75. The summed E-state index contributed by atoms with van der Waals surface area (Å²) in [6.07, 6.45) is 0.364. The SMILES string of the molecule is Cc1cc(OCC(=O)Nc2ccc(CC#N)cc2)ccc1C(C)C. The van der Waals surface area contributed by atoms with Crippen molar-refractivity contribution in [3.63, 3.8) is 0 Å². The first kappa shape index (κ1) is 17.6. The van der Waals surface area contributed by atoms with E-state index < -0.39 is 0 Å². The first-order valence-electron chi connectivity index (χ1n) is 7.98. The van der Waals surface area contributed by atoms with Gasteiger partial charge in [0.2, 0.25) is 0 Å². The Hall–Kier alpha value is -2.80. The van der Waals surface area contributed by atoms with Crippen LogP contribution in [0.25, 0.3) is 0 Å². The molecular formula is C20H22N2O2. The van der Waals surface area contributed by atoms with Crippen LogP contribution in [0.4, 0.5) is 5.69 Å². The molecule has 0 aliphatic rings. The van der Waals surface area contributed by atoms with Crippen molar-refractivity contribution in [2.75, 3.05) is 11.9 Å². The fourth-order valence-electron chi connectivity index (χ4n) is 2.53. The second-order valence-electron chi connectivity index (χ2n) is 6.04. The van der Waals surface area contributed by atoms with E-state index in [1.807, 2.05) is 37.3 Å². The van der Waals surface area contributed by atoms with Crippen LogP contribution >= 0.6 is 0 Å². The van der Waals surface area contributed by atoms with E-state index >= 15 is 0 Å². The molecular weight excluding hydrogens is 300 g/mol. The van der Waals surface area contributed by atoms with Crippen LogP contribution in [0, 0.1) is 18.3 Å². The number of ether oxygens (including phenoxy) is 1. The summed E-state index contributed by atoms with van der Waals surface area (Å²) in [6.45, 7) is 6.31. The standard InChI is InChI=1S/C20H22N2O2/c1-14(2)19-9-8-18(12-15(19)3)24-13-20(23)22-17-6-4-16(5-7-17)10-11-21/h4-9,12,14H,10,13H2,1-3H3,(H,22,23). The van der Waals surface area contributed by atoms with Crippen molar-refractivity contribution in [2.24, 2.45) is 0 Å². The summed E-state index contributed by atoms with van der Waals surface area (Å²) < 4.78 is 5.56. The van der Waals surface area contributed by atoms with Gasteiger partial charge in [-0.1, -0.05) is 32.0 Å². The Balaban J connectivity index is 1.89. The minimum atomic E-state index is -0.214. The summed E-state index contributed by atoms with van der Waals surface area (Å²) in [4.78, 5) is 12.0. The maximum absolute atomic E-state index is 12.0. The molecule has 2 aromatic rings. The Kier molecular flexibility index (Phi) is 5.97. The fraction of sp³-hybridized carbons (Fsp3) is 0.300. The summed E-state index contributed by atoms with van der Waals surface area (Å²) in [5.74, 6) is 0.941. The highest BCUT2D eigenvalue weighted by molar-refractivity contribution is 5.91. The summed E-state index contributed by atoms with van der Waals surface area (Å²) in [5, 5.41) is 11.4. The van der Waals surface area contributed by atoms with E-state index in [4.69, 9.17) is 10.00 Å². The van der Waals surface area contributed by atoms with Gasteiger partial charge in [-0.2, -0.15) is 5.26 Å². The molecule has 0 unspecified atom stereocenters. The zero-order valence-corrected chi connectivity index (χ0v) is 14.3. The Morgan fingerprint density at radius 3 is 2.50 bits per heavy atom. The maximum atomic E-state index is 12.0. The number of nitrogens with zero attached hydrogens (tertiary/aromatic N) is 1. The van der Waals surface area contributed by atoms with Crippen LogP contribution in [0.2, 0.25) is 0 Å². The lowest BCUT2D eigenvalue weighted by Crippen LogP contribution is -2.20. The van der Waals surface area contributed by atoms with E-state index in [2.05, 4.69) is 25.2 Å². The predicted molar refractivity (Wildman–Crippen MR) is 95.2 cm³/mol. The number of carbonyl (C=O) groups is 1. The highest BCUT2D eigenvalue weighted by atomic mass is 16.5. The van der Waals surface area contributed by atoms with E-state index in [0.717, 1.165) is 11.1 Å². The number of anilines is 1. The van der Waals surface area contributed by atoms with E-state index in [1.54, 1.807) is 12.1 Å². The third-order valence-electron chi connectivity index (χ3n) is 3.75. The van der Waals surface area contributed by atoms with Crippen LogP contribution in [0.15, 0.2) is 42.5 Å². The average Bonchev–Trinajstić information content (AvgIpc) is 2.55. The zero-order chi connectivity index (χ0) is 17.5. The molecule has 124 valence electrons. The molecule has 4 heteroatoms. The number of amides is 1. The van der Waals surface area contributed by atoms with Gasteiger partial charge >= 0.3 is 0 Å². The second kappa shape index (κ2) is 8.16. The largest absolute Gasteiger partial charge is 0.484 e. The molecule has 4 nitrogen and oxygen atoms in total. The first-order chi connectivity index (χ1) is 11.5. The lowest BCUT2D eigenvalue weighted by molar-refractivity contribution is -0.118. The predicted octanol–water partition coefficient (Wildman–Crippen LogP) is 4.20. The number of nitrogens with one attached hydrogen (secondary N) is 1. The number of nitriles is 1. The van der Waals surface area contributed by atoms with Gasteiger partial charge in [-0.25, -0.2) is 0 Å². The molecule has 24 heavy (non-hydrogen) atoms. The van der Waals surface area contributed by atoms with E-state index in [9.17, 15) is 4.79 Å². The van der Waals surface area contributed by atoms with Crippen LogP contribution in [-0.4, -0.2) is 12.5 Å². The number of hydrogen-bond acceptors (Lipinski definition) is 3. The molecule has 0 saturated carbocycles. The molecule has 0 bridgehead atoms. The summed E-state index contributed by atoms with van der Waals surface area (Å²) in [6, 6.07) is 15.2. The highest BCUT2D eigenvalue weighted by Crippen LogP contribution is 2.23. The van der Waals surface area contributed by atoms with Gasteiger partial charge in [-0.05, 0) is 53.8 Å². The molecule has 0 aliphatic carbocycles. The minimum absolute atomic E-state index is 0.0413. The molecule has 0 aliphatic heterocycles. The molecule has 0 radical (unpaired) electrons. The van der Waals surface area contributed by atoms with Crippen molar-refractivity contribution in [1.82, 2.24) is 0 Å². The van der Waals surface area contributed by atoms with Crippen LogP contribution < -0.4 is 10.1 Å². The fourth-order valence-corrected chi connectivity index (χ4v) is 2.53. The monoisotopic (exact) mass is 322 g/mol. The summed E-state index contributed by atoms with van der Waals surface area (Å²) in [7, 11) is 0. The van der Waals surface area contributed by atoms with Crippen LogP contribution in [0.3, 0.4) is 0 Å². The molecule has 0 fully saturated rings. The molecule has 2 rings (SSSR count). The average molecular weight is 322 g/mol. The zero-order valence-electron chi connectivity index (χ0n) is 14.3. The van der Waals surface area contributed by atoms with Gasteiger partial charge in [-0.3, -0.25) is 4.79 Å². The molecule has 0 spiro atoms. The summed E-state index contributed by atoms with van der Waals surface area (Å²) in [5.41, 5.74) is 4.06. The highest BCUT2D eigenvalue weighted by Gasteiger charge is 2.07. The van der Waals surface area contributed by atoms with Crippen LogP contribution in [-0.2, 0) is 11.2 Å². The maximum Gasteiger partial charge on any atom is 0.262 e. The lowest BCUT2D eigenvalue weighted by atomic mass is 9.98. The van der Waals surface area contributed by atoms with E-state index in [-0.39, 0.29) is 12.5 Å². The number of hydrogen-bond donors (Lipinski definition) is 1. The van der Waals surface area contributed by atoms with Crippen molar-refractivity contribution in [2.45, 2.75) is 33.1 Å². The molecule has 0 heterocycles. The van der Waals surface area contributed by atoms with E-state index in [1.165, 1.54) is 5.56 Å². The molecule has 0 aromatic heterocycles. The Morgan fingerprint density at radius 2 is 1.92 bits per heavy atom. The smallest absolute Gasteiger partial charge is 0.262 e. The number of aryl methyl sites for hydroxylation is 1. The summed E-state index contributed by atoms with van der Waals surface area (Å²) >= 11 is 0. The van der Waals surface area contributed by atoms with Crippen molar-refractivity contribution < 1.29 is 9.53 Å². The minimum Gasteiger partial charge on any atom is -0.484 e. The third kappa shape index (κ3) is 4.85. The Bertz CT molecular complexity index is 743. The number of rotatable bonds is 6. The topological polar surface area (TPSA) is 62.1 Å². The van der Waals surface area contributed by atoms with Crippen LogP contribution in [0.1, 0.15) is 36.5 Å². The molecule has 0 atom stereocenters. The van der Waals surface area contributed by atoms with Crippen molar-refractivity contribution in [3.05, 3.63) is 59.2 Å². The van der Waals surface area contributed by atoms with Crippen molar-refractivity contribution in [1.29, 1.82) is 5.26 Å². The van der Waals surface area contributed by atoms with Gasteiger partial charge < -0.3 is 10.1 Å². The molecule has 1 N–H and O–H groups in total. The molecule has 1 amide bonds. The van der Waals surface area contributed by atoms with Gasteiger partial charge in [0.25, 0.3) is 5.91 Å². The Morgan fingerprint density at radius 1 is 1.21 bits per heavy atom.